The van der Waals surface area contributed by atoms with Crippen molar-refractivity contribution in [1.29, 1.82) is 0 Å². The SMILES string of the molecule is COc1n[nH]c2ccc(C(=O)O)cc12. The fraction of sp³-hybridized carbons (Fsp3) is 0.111. The molecule has 0 unspecified atom stereocenters. The molecule has 0 aliphatic rings. The van der Waals surface area contributed by atoms with E-state index < -0.39 is 5.97 Å². The van der Waals surface area contributed by atoms with Gasteiger partial charge in [0.15, 0.2) is 0 Å². The lowest BCUT2D eigenvalue weighted by Gasteiger charge is -1.95. The number of H-pyrrole nitrogens is 1. The zero-order valence-electron chi connectivity index (χ0n) is 7.44. The molecule has 1 heterocycles. The summed E-state index contributed by atoms with van der Waals surface area (Å²) in [5.74, 6) is -0.557. The lowest BCUT2D eigenvalue weighted by molar-refractivity contribution is 0.0697. The van der Waals surface area contributed by atoms with Gasteiger partial charge >= 0.3 is 5.97 Å². The number of carbonyl (C=O) groups is 1. The van der Waals surface area contributed by atoms with E-state index in [1.807, 2.05) is 0 Å². The van der Waals surface area contributed by atoms with Crippen LogP contribution in [-0.2, 0) is 0 Å². The maximum absolute atomic E-state index is 10.7. The number of benzene rings is 1. The number of hydrogen-bond acceptors (Lipinski definition) is 3. The van der Waals surface area contributed by atoms with Gasteiger partial charge in [0.05, 0.1) is 23.6 Å². The van der Waals surface area contributed by atoms with Crippen LogP contribution in [0.3, 0.4) is 0 Å². The number of rotatable bonds is 2. The first kappa shape index (κ1) is 8.55. The molecule has 1 aromatic heterocycles. The number of hydrogen-bond donors (Lipinski definition) is 2. The smallest absolute Gasteiger partial charge is 0.335 e. The number of methoxy groups -OCH3 is 1. The molecule has 72 valence electrons. The van der Waals surface area contributed by atoms with Crippen molar-refractivity contribution in [2.45, 2.75) is 0 Å². The molecule has 0 fully saturated rings. The average molecular weight is 192 g/mol. The molecule has 0 saturated carbocycles. The van der Waals surface area contributed by atoms with Gasteiger partial charge in [0.25, 0.3) is 0 Å². The standard InChI is InChI=1S/C9H8N2O3/c1-14-8-6-4-5(9(12)13)2-3-7(6)10-11-8/h2-4H,1H3,(H,10,11)(H,12,13). The molecule has 5 nitrogen and oxygen atoms in total. The quantitative estimate of drug-likeness (QED) is 0.751. The Morgan fingerprint density at radius 3 is 3.00 bits per heavy atom. The number of ether oxygens (including phenoxy) is 1. The second-order valence-electron chi connectivity index (χ2n) is 2.80. The molecule has 0 spiro atoms. The topological polar surface area (TPSA) is 75.2 Å². The van der Waals surface area contributed by atoms with Crippen LogP contribution in [0, 0.1) is 0 Å². The number of carboxylic acids is 1. The Morgan fingerprint density at radius 1 is 1.57 bits per heavy atom. The predicted molar refractivity (Wildman–Crippen MR) is 49.6 cm³/mol. The van der Waals surface area contributed by atoms with Gasteiger partial charge in [-0.3, -0.25) is 5.10 Å². The largest absolute Gasteiger partial charge is 0.480 e. The van der Waals surface area contributed by atoms with Crippen molar-refractivity contribution in [3.63, 3.8) is 0 Å². The molecule has 14 heavy (non-hydrogen) atoms. The van der Waals surface area contributed by atoms with Crippen molar-refractivity contribution < 1.29 is 14.6 Å². The van der Waals surface area contributed by atoms with E-state index in [0.717, 1.165) is 5.52 Å². The second kappa shape index (κ2) is 3.02. The highest BCUT2D eigenvalue weighted by Crippen LogP contribution is 2.23. The second-order valence-corrected chi connectivity index (χ2v) is 2.80. The fourth-order valence-corrected chi connectivity index (χ4v) is 1.28. The summed E-state index contributed by atoms with van der Waals surface area (Å²) >= 11 is 0. The Bertz CT molecular complexity index is 490. The van der Waals surface area contributed by atoms with Crippen LogP contribution >= 0.6 is 0 Å². The zero-order valence-corrected chi connectivity index (χ0v) is 7.44. The third kappa shape index (κ3) is 1.19. The summed E-state index contributed by atoms with van der Waals surface area (Å²) in [6, 6.07) is 4.70. The molecular weight excluding hydrogens is 184 g/mol. The number of aromatic nitrogens is 2. The predicted octanol–water partition coefficient (Wildman–Crippen LogP) is 1.27. The summed E-state index contributed by atoms with van der Waals surface area (Å²) in [6.45, 7) is 0. The van der Waals surface area contributed by atoms with E-state index in [1.165, 1.54) is 19.2 Å². The van der Waals surface area contributed by atoms with Crippen LogP contribution in [0.25, 0.3) is 10.9 Å². The number of aromatic carboxylic acids is 1. The van der Waals surface area contributed by atoms with Gasteiger partial charge in [-0.05, 0) is 18.2 Å². The van der Waals surface area contributed by atoms with E-state index in [0.29, 0.717) is 11.3 Å². The Labute approximate surface area is 79.3 Å². The van der Waals surface area contributed by atoms with Crippen molar-refractivity contribution >= 4 is 16.9 Å². The van der Waals surface area contributed by atoms with E-state index in [4.69, 9.17) is 9.84 Å². The van der Waals surface area contributed by atoms with Crippen LogP contribution in [0.15, 0.2) is 18.2 Å². The van der Waals surface area contributed by atoms with E-state index in [1.54, 1.807) is 6.07 Å². The summed E-state index contributed by atoms with van der Waals surface area (Å²) in [6.07, 6.45) is 0. The molecule has 5 heteroatoms. The number of carboxylic acid groups (broad SMARTS) is 1. The number of aromatic amines is 1. The first-order valence-corrected chi connectivity index (χ1v) is 3.98. The van der Waals surface area contributed by atoms with Crippen LogP contribution < -0.4 is 4.74 Å². The van der Waals surface area contributed by atoms with Gasteiger partial charge in [0.1, 0.15) is 0 Å². The van der Waals surface area contributed by atoms with E-state index >= 15 is 0 Å². The Balaban J connectivity index is 2.67. The third-order valence-corrected chi connectivity index (χ3v) is 1.97. The van der Waals surface area contributed by atoms with Gasteiger partial charge in [-0.1, -0.05) is 0 Å². The number of fused-ring (bicyclic) bond motifs is 1. The molecule has 0 radical (unpaired) electrons. The molecule has 0 saturated heterocycles. The van der Waals surface area contributed by atoms with Crippen LogP contribution in [0.4, 0.5) is 0 Å². The normalized spacial score (nSPS) is 10.4. The summed E-state index contributed by atoms with van der Waals surface area (Å²) in [5.41, 5.74) is 0.976. The summed E-state index contributed by atoms with van der Waals surface area (Å²) in [7, 11) is 1.49. The zero-order chi connectivity index (χ0) is 10.1. The minimum atomic E-state index is -0.963. The van der Waals surface area contributed by atoms with Crippen molar-refractivity contribution in [3.05, 3.63) is 23.8 Å². The Kier molecular flexibility index (Phi) is 1.85. The Hall–Kier alpha value is -2.04. The van der Waals surface area contributed by atoms with E-state index in [-0.39, 0.29) is 5.56 Å². The molecule has 0 amide bonds. The van der Waals surface area contributed by atoms with Gasteiger partial charge in [-0.15, -0.1) is 5.10 Å². The van der Waals surface area contributed by atoms with Crippen LogP contribution in [0.1, 0.15) is 10.4 Å². The molecule has 2 N–H and O–H groups in total. The minimum absolute atomic E-state index is 0.220. The summed E-state index contributed by atoms with van der Waals surface area (Å²) < 4.78 is 4.97. The highest BCUT2D eigenvalue weighted by molar-refractivity contribution is 5.94. The molecule has 0 atom stereocenters. The fourth-order valence-electron chi connectivity index (χ4n) is 1.28. The summed E-state index contributed by atoms with van der Waals surface area (Å²) in [4.78, 5) is 10.7. The highest BCUT2D eigenvalue weighted by Gasteiger charge is 2.09. The van der Waals surface area contributed by atoms with Gasteiger partial charge < -0.3 is 9.84 Å². The first-order valence-electron chi connectivity index (χ1n) is 3.98. The molecular formula is C9H8N2O3. The first-order chi connectivity index (χ1) is 6.72. The lowest BCUT2D eigenvalue weighted by Crippen LogP contribution is -1.95. The maximum Gasteiger partial charge on any atom is 0.335 e. The van der Waals surface area contributed by atoms with Gasteiger partial charge in [-0.2, -0.15) is 0 Å². The highest BCUT2D eigenvalue weighted by atomic mass is 16.5. The van der Waals surface area contributed by atoms with Gasteiger partial charge in [0, 0.05) is 0 Å². The lowest BCUT2D eigenvalue weighted by atomic mass is 10.1. The molecule has 0 aliphatic heterocycles. The molecule has 0 bridgehead atoms. The average Bonchev–Trinajstić information content (AvgIpc) is 2.59. The van der Waals surface area contributed by atoms with Crippen molar-refractivity contribution in [2.75, 3.05) is 7.11 Å². The van der Waals surface area contributed by atoms with Crippen LogP contribution in [-0.4, -0.2) is 28.4 Å². The molecule has 2 aromatic rings. The van der Waals surface area contributed by atoms with E-state index in [2.05, 4.69) is 10.2 Å². The van der Waals surface area contributed by atoms with Crippen molar-refractivity contribution in [1.82, 2.24) is 10.2 Å². The molecule has 2 rings (SSSR count). The van der Waals surface area contributed by atoms with Crippen LogP contribution in [0.2, 0.25) is 0 Å². The molecule has 0 aliphatic carbocycles. The summed E-state index contributed by atoms with van der Waals surface area (Å²) in [5, 5.41) is 16.1. The molecule has 1 aromatic carbocycles. The van der Waals surface area contributed by atoms with E-state index in [9.17, 15) is 4.79 Å². The number of nitrogens with one attached hydrogen (secondary N) is 1. The minimum Gasteiger partial charge on any atom is -0.480 e. The Morgan fingerprint density at radius 2 is 2.36 bits per heavy atom. The third-order valence-electron chi connectivity index (χ3n) is 1.97. The van der Waals surface area contributed by atoms with Gasteiger partial charge in [0.2, 0.25) is 5.88 Å². The van der Waals surface area contributed by atoms with Crippen LogP contribution in [0.5, 0.6) is 5.88 Å². The van der Waals surface area contributed by atoms with Crippen molar-refractivity contribution in [2.24, 2.45) is 0 Å². The maximum atomic E-state index is 10.7. The van der Waals surface area contributed by atoms with Crippen molar-refractivity contribution in [3.8, 4) is 5.88 Å². The monoisotopic (exact) mass is 192 g/mol. The number of nitrogens with zero attached hydrogens (tertiary/aromatic N) is 1. The van der Waals surface area contributed by atoms with Gasteiger partial charge in [-0.25, -0.2) is 4.79 Å².